The van der Waals surface area contributed by atoms with E-state index in [1.165, 1.54) is 24.2 Å². The van der Waals surface area contributed by atoms with E-state index >= 15 is 0 Å². The van der Waals surface area contributed by atoms with Crippen LogP contribution in [0.5, 0.6) is 0 Å². The van der Waals surface area contributed by atoms with E-state index in [0.29, 0.717) is 5.92 Å². The fourth-order valence-corrected chi connectivity index (χ4v) is 2.06. The molecule has 3 rings (SSSR count). The van der Waals surface area contributed by atoms with Gasteiger partial charge in [-0.2, -0.15) is 5.10 Å². The second-order valence-electron chi connectivity index (χ2n) is 5.69. The molecule has 1 saturated carbocycles. The van der Waals surface area contributed by atoms with Crippen LogP contribution in [-0.2, 0) is 5.41 Å². The van der Waals surface area contributed by atoms with E-state index in [2.05, 4.69) is 37.9 Å². The average molecular weight is 215 g/mol. The molecule has 0 saturated heterocycles. The van der Waals surface area contributed by atoms with Crippen molar-refractivity contribution in [2.45, 2.75) is 44.9 Å². The summed E-state index contributed by atoms with van der Waals surface area (Å²) in [4.78, 5) is 4.39. The highest BCUT2D eigenvalue weighted by molar-refractivity contribution is 5.42. The van der Waals surface area contributed by atoms with Crippen molar-refractivity contribution in [2.24, 2.45) is 0 Å². The normalized spacial score (nSPS) is 16.9. The molecule has 1 aliphatic carbocycles. The molecule has 2 aromatic rings. The second-order valence-corrected chi connectivity index (χ2v) is 5.69. The first-order chi connectivity index (χ1) is 7.55. The monoisotopic (exact) mass is 215 g/mol. The van der Waals surface area contributed by atoms with Gasteiger partial charge in [0, 0.05) is 23.6 Å². The molecular formula is C13H17N3. The summed E-state index contributed by atoms with van der Waals surface area (Å²) in [6.45, 7) is 6.63. The largest absolute Gasteiger partial charge is 0.237 e. The highest BCUT2D eigenvalue weighted by atomic mass is 15.3. The molecule has 3 heteroatoms. The maximum Gasteiger partial charge on any atom is 0.155 e. The topological polar surface area (TPSA) is 30.2 Å². The Bertz CT molecular complexity index is 530. The highest BCUT2D eigenvalue weighted by Crippen LogP contribution is 2.39. The summed E-state index contributed by atoms with van der Waals surface area (Å²) in [7, 11) is 0. The minimum absolute atomic E-state index is 0.105. The highest BCUT2D eigenvalue weighted by Gasteiger charge is 2.27. The SMILES string of the molecule is CC(C)(C)c1ccnc2cc(C3CC3)nn12. The summed E-state index contributed by atoms with van der Waals surface area (Å²) in [6, 6.07) is 4.20. The molecule has 1 fully saturated rings. The number of aromatic nitrogens is 3. The zero-order valence-corrected chi connectivity index (χ0v) is 10.1. The van der Waals surface area contributed by atoms with E-state index in [9.17, 15) is 0 Å². The van der Waals surface area contributed by atoms with Crippen LogP contribution in [0.2, 0.25) is 0 Å². The summed E-state index contributed by atoms with van der Waals surface area (Å²) in [5, 5.41) is 4.70. The van der Waals surface area contributed by atoms with Gasteiger partial charge in [-0.1, -0.05) is 20.8 Å². The number of rotatable bonds is 1. The minimum atomic E-state index is 0.105. The number of hydrogen-bond acceptors (Lipinski definition) is 2. The van der Waals surface area contributed by atoms with E-state index < -0.39 is 0 Å². The van der Waals surface area contributed by atoms with Gasteiger partial charge in [-0.15, -0.1) is 0 Å². The molecule has 0 N–H and O–H groups in total. The zero-order valence-electron chi connectivity index (χ0n) is 10.1. The third-order valence-electron chi connectivity index (χ3n) is 3.14. The summed E-state index contributed by atoms with van der Waals surface area (Å²) >= 11 is 0. The fraction of sp³-hybridized carbons (Fsp3) is 0.538. The molecular weight excluding hydrogens is 198 g/mol. The Hall–Kier alpha value is -1.38. The molecule has 0 unspecified atom stereocenters. The first kappa shape index (κ1) is 9.82. The molecule has 0 atom stereocenters. The third-order valence-corrected chi connectivity index (χ3v) is 3.14. The van der Waals surface area contributed by atoms with Crippen LogP contribution in [0.3, 0.4) is 0 Å². The number of fused-ring (bicyclic) bond motifs is 1. The van der Waals surface area contributed by atoms with Crippen molar-refractivity contribution >= 4 is 5.65 Å². The van der Waals surface area contributed by atoms with Crippen LogP contribution in [0.25, 0.3) is 5.65 Å². The molecule has 0 bridgehead atoms. The van der Waals surface area contributed by atoms with E-state index in [0.717, 1.165) is 5.65 Å². The lowest BCUT2D eigenvalue weighted by Crippen LogP contribution is -2.17. The maximum absolute atomic E-state index is 4.70. The van der Waals surface area contributed by atoms with Gasteiger partial charge in [0.2, 0.25) is 0 Å². The predicted molar refractivity (Wildman–Crippen MR) is 63.7 cm³/mol. The lowest BCUT2D eigenvalue weighted by molar-refractivity contribution is 0.545. The molecule has 2 aromatic heterocycles. The van der Waals surface area contributed by atoms with Crippen LogP contribution in [0.4, 0.5) is 0 Å². The Morgan fingerprint density at radius 1 is 1.31 bits per heavy atom. The molecule has 2 heterocycles. The first-order valence-corrected chi connectivity index (χ1v) is 5.91. The Kier molecular flexibility index (Phi) is 1.88. The number of hydrogen-bond donors (Lipinski definition) is 0. The molecule has 0 amide bonds. The number of nitrogens with zero attached hydrogens (tertiary/aromatic N) is 3. The van der Waals surface area contributed by atoms with Gasteiger partial charge >= 0.3 is 0 Å². The predicted octanol–water partition coefficient (Wildman–Crippen LogP) is 2.90. The van der Waals surface area contributed by atoms with Gasteiger partial charge in [0.05, 0.1) is 11.4 Å². The maximum atomic E-state index is 4.70. The standard InChI is InChI=1S/C13H17N3/c1-13(2,3)11-6-7-14-12-8-10(9-4-5-9)15-16(11)12/h6-9H,4-5H2,1-3H3. The lowest BCUT2D eigenvalue weighted by Gasteiger charge is -2.19. The van der Waals surface area contributed by atoms with Crippen LogP contribution in [-0.4, -0.2) is 14.6 Å². The molecule has 0 aromatic carbocycles. The smallest absolute Gasteiger partial charge is 0.155 e. The van der Waals surface area contributed by atoms with Gasteiger partial charge in [-0.05, 0) is 18.9 Å². The molecule has 84 valence electrons. The van der Waals surface area contributed by atoms with Crippen LogP contribution in [0, 0.1) is 0 Å². The summed E-state index contributed by atoms with van der Waals surface area (Å²) in [5.41, 5.74) is 3.52. The van der Waals surface area contributed by atoms with E-state index in [1.54, 1.807) is 0 Å². The summed E-state index contributed by atoms with van der Waals surface area (Å²) < 4.78 is 2.01. The molecule has 0 spiro atoms. The Morgan fingerprint density at radius 2 is 2.06 bits per heavy atom. The van der Waals surface area contributed by atoms with E-state index in [4.69, 9.17) is 5.10 Å². The lowest BCUT2D eigenvalue weighted by atomic mass is 9.92. The van der Waals surface area contributed by atoms with Gasteiger partial charge in [0.15, 0.2) is 5.65 Å². The van der Waals surface area contributed by atoms with Gasteiger partial charge < -0.3 is 0 Å². The Labute approximate surface area is 95.5 Å². The van der Waals surface area contributed by atoms with Crippen molar-refractivity contribution < 1.29 is 0 Å². The Morgan fingerprint density at radius 3 is 2.69 bits per heavy atom. The van der Waals surface area contributed by atoms with Crippen molar-refractivity contribution in [1.29, 1.82) is 0 Å². The van der Waals surface area contributed by atoms with Crippen LogP contribution in [0.15, 0.2) is 18.3 Å². The zero-order chi connectivity index (χ0) is 11.3. The van der Waals surface area contributed by atoms with E-state index in [-0.39, 0.29) is 5.41 Å². The summed E-state index contributed by atoms with van der Waals surface area (Å²) in [6.07, 6.45) is 4.46. The minimum Gasteiger partial charge on any atom is -0.237 e. The molecule has 3 nitrogen and oxygen atoms in total. The van der Waals surface area contributed by atoms with Crippen molar-refractivity contribution in [3.05, 3.63) is 29.7 Å². The van der Waals surface area contributed by atoms with Gasteiger partial charge in [0.1, 0.15) is 0 Å². The first-order valence-electron chi connectivity index (χ1n) is 5.91. The average Bonchev–Trinajstić information content (AvgIpc) is 2.95. The van der Waals surface area contributed by atoms with Crippen LogP contribution in [0.1, 0.15) is 50.9 Å². The van der Waals surface area contributed by atoms with Gasteiger partial charge in [-0.3, -0.25) is 0 Å². The quantitative estimate of drug-likeness (QED) is 0.732. The van der Waals surface area contributed by atoms with Crippen molar-refractivity contribution in [2.75, 3.05) is 0 Å². The Balaban J connectivity index is 2.21. The molecule has 0 aliphatic heterocycles. The molecule has 16 heavy (non-hydrogen) atoms. The van der Waals surface area contributed by atoms with Crippen LogP contribution < -0.4 is 0 Å². The van der Waals surface area contributed by atoms with E-state index in [1.807, 2.05) is 10.7 Å². The van der Waals surface area contributed by atoms with Gasteiger partial charge in [0.25, 0.3) is 0 Å². The summed E-state index contributed by atoms with van der Waals surface area (Å²) in [5.74, 6) is 0.689. The van der Waals surface area contributed by atoms with Crippen LogP contribution >= 0.6 is 0 Å². The third kappa shape index (κ3) is 1.51. The van der Waals surface area contributed by atoms with Crippen molar-refractivity contribution in [3.8, 4) is 0 Å². The second kappa shape index (κ2) is 3.06. The van der Waals surface area contributed by atoms with Crippen molar-refractivity contribution in [1.82, 2.24) is 14.6 Å². The molecule has 1 aliphatic rings. The molecule has 0 radical (unpaired) electrons. The van der Waals surface area contributed by atoms with Gasteiger partial charge in [-0.25, -0.2) is 9.50 Å². The fourth-order valence-electron chi connectivity index (χ4n) is 2.06. The van der Waals surface area contributed by atoms with Crippen molar-refractivity contribution in [3.63, 3.8) is 0 Å².